The maximum Gasteiger partial charge on any atom is 0.231 e. The van der Waals surface area contributed by atoms with Gasteiger partial charge in [0, 0.05) is 38.9 Å². The number of piperidine rings is 1. The second kappa shape index (κ2) is 9.41. The van der Waals surface area contributed by atoms with Gasteiger partial charge in [-0.05, 0) is 50.0 Å². The molecule has 0 spiro atoms. The molecule has 2 aliphatic heterocycles. The van der Waals surface area contributed by atoms with E-state index in [1.807, 2.05) is 18.2 Å². The lowest BCUT2D eigenvalue weighted by atomic mass is 9.73. The average Bonchev–Trinajstić information content (AvgIpc) is 2.77. The van der Waals surface area contributed by atoms with Gasteiger partial charge in [-0.1, -0.05) is 49.6 Å². The van der Waals surface area contributed by atoms with E-state index < -0.39 is 5.41 Å². The van der Waals surface area contributed by atoms with Crippen molar-refractivity contribution in [1.29, 1.82) is 0 Å². The molecule has 0 radical (unpaired) electrons. The molecule has 1 amide bonds. The van der Waals surface area contributed by atoms with Crippen molar-refractivity contribution in [3.05, 3.63) is 35.9 Å². The maximum absolute atomic E-state index is 13.4. The van der Waals surface area contributed by atoms with E-state index in [1.165, 1.54) is 38.6 Å². The zero-order valence-electron chi connectivity index (χ0n) is 17.2. The van der Waals surface area contributed by atoms with Crippen molar-refractivity contribution in [3.63, 3.8) is 0 Å². The topological polar surface area (TPSA) is 41.6 Å². The van der Waals surface area contributed by atoms with E-state index >= 15 is 0 Å². The minimum absolute atomic E-state index is 0.215. The van der Waals surface area contributed by atoms with E-state index in [1.54, 1.807) is 0 Å². The highest BCUT2D eigenvalue weighted by molar-refractivity contribution is 5.88. The van der Waals surface area contributed by atoms with E-state index in [0.717, 1.165) is 50.3 Å². The fourth-order valence-electron chi connectivity index (χ4n) is 5.44. The standard InChI is InChI=1S/C24H36N2O2/c27-23(24(13-17-28-18-14-24)21-9-5-2-6-10-21)25-22-11-15-26(16-12-22)19-20-7-3-1-4-8-20/h2,5-6,9-10,20,22H,1,3-4,7-8,11-19H2,(H,25,27). The molecule has 0 aromatic heterocycles. The number of hydrogen-bond acceptors (Lipinski definition) is 3. The molecule has 154 valence electrons. The van der Waals surface area contributed by atoms with Gasteiger partial charge in [0.15, 0.2) is 0 Å². The number of hydrogen-bond donors (Lipinski definition) is 1. The summed E-state index contributed by atoms with van der Waals surface area (Å²) in [5, 5.41) is 3.43. The van der Waals surface area contributed by atoms with Crippen LogP contribution in [0.15, 0.2) is 30.3 Å². The molecule has 1 saturated carbocycles. The molecule has 0 bridgehead atoms. The first-order chi connectivity index (χ1) is 13.8. The molecule has 3 aliphatic rings. The van der Waals surface area contributed by atoms with Crippen molar-refractivity contribution < 1.29 is 9.53 Å². The van der Waals surface area contributed by atoms with Crippen molar-refractivity contribution >= 4 is 5.91 Å². The Morgan fingerprint density at radius 3 is 2.36 bits per heavy atom. The molecule has 1 aromatic carbocycles. The molecule has 2 saturated heterocycles. The molecule has 0 atom stereocenters. The zero-order chi connectivity index (χ0) is 19.2. The number of amides is 1. The summed E-state index contributed by atoms with van der Waals surface area (Å²) in [6, 6.07) is 10.7. The van der Waals surface area contributed by atoms with Crippen LogP contribution < -0.4 is 5.32 Å². The van der Waals surface area contributed by atoms with Crippen molar-refractivity contribution in [2.75, 3.05) is 32.8 Å². The van der Waals surface area contributed by atoms with Gasteiger partial charge in [0.2, 0.25) is 5.91 Å². The smallest absolute Gasteiger partial charge is 0.231 e. The molecule has 4 rings (SSSR count). The number of benzene rings is 1. The zero-order valence-corrected chi connectivity index (χ0v) is 17.2. The SMILES string of the molecule is O=C(NC1CCN(CC2CCCCC2)CC1)C1(c2ccccc2)CCOCC1. The maximum atomic E-state index is 13.4. The van der Waals surface area contributed by atoms with Crippen molar-refractivity contribution in [2.24, 2.45) is 5.92 Å². The van der Waals surface area contributed by atoms with E-state index in [9.17, 15) is 4.79 Å². The van der Waals surface area contributed by atoms with Crippen molar-refractivity contribution in [1.82, 2.24) is 10.2 Å². The van der Waals surface area contributed by atoms with Crippen LogP contribution >= 0.6 is 0 Å². The van der Waals surface area contributed by atoms with E-state index in [2.05, 4.69) is 22.3 Å². The van der Waals surface area contributed by atoms with E-state index in [0.29, 0.717) is 19.3 Å². The molecule has 1 N–H and O–H groups in total. The minimum atomic E-state index is -0.418. The van der Waals surface area contributed by atoms with Crippen molar-refractivity contribution in [2.45, 2.75) is 69.2 Å². The quantitative estimate of drug-likeness (QED) is 0.837. The molecule has 28 heavy (non-hydrogen) atoms. The number of nitrogens with one attached hydrogen (secondary N) is 1. The summed E-state index contributed by atoms with van der Waals surface area (Å²) in [5.74, 6) is 1.12. The van der Waals surface area contributed by atoms with Crippen LogP contribution in [0.5, 0.6) is 0 Å². The van der Waals surface area contributed by atoms with Crippen LogP contribution in [0.25, 0.3) is 0 Å². The lowest BCUT2D eigenvalue weighted by Crippen LogP contribution is -2.53. The number of carbonyl (C=O) groups excluding carboxylic acids is 1. The van der Waals surface area contributed by atoms with Crippen LogP contribution in [0.3, 0.4) is 0 Å². The number of ether oxygens (including phenoxy) is 1. The van der Waals surface area contributed by atoms with Crippen LogP contribution in [0.1, 0.15) is 63.4 Å². The van der Waals surface area contributed by atoms with Gasteiger partial charge in [-0.25, -0.2) is 0 Å². The summed E-state index contributed by atoms with van der Waals surface area (Å²) in [4.78, 5) is 16.0. The van der Waals surface area contributed by atoms with Crippen molar-refractivity contribution in [3.8, 4) is 0 Å². The van der Waals surface area contributed by atoms with Crippen LogP contribution in [0.4, 0.5) is 0 Å². The Morgan fingerprint density at radius 2 is 1.68 bits per heavy atom. The van der Waals surface area contributed by atoms with Gasteiger partial charge < -0.3 is 15.0 Å². The van der Waals surface area contributed by atoms with Gasteiger partial charge in [0.1, 0.15) is 0 Å². The summed E-state index contributed by atoms with van der Waals surface area (Å²) in [6.45, 7) is 4.86. The highest BCUT2D eigenvalue weighted by Gasteiger charge is 2.42. The predicted molar refractivity (Wildman–Crippen MR) is 112 cm³/mol. The first-order valence-electron chi connectivity index (χ1n) is 11.4. The largest absolute Gasteiger partial charge is 0.381 e. The summed E-state index contributed by atoms with van der Waals surface area (Å²) < 4.78 is 5.59. The number of nitrogens with zero attached hydrogens (tertiary/aromatic N) is 1. The third kappa shape index (κ3) is 4.60. The predicted octanol–water partition coefficient (Wildman–Crippen LogP) is 3.90. The van der Waals surface area contributed by atoms with Crippen LogP contribution in [0.2, 0.25) is 0 Å². The molecule has 3 fully saturated rings. The summed E-state index contributed by atoms with van der Waals surface area (Å²) in [5.41, 5.74) is 0.726. The van der Waals surface area contributed by atoms with E-state index in [-0.39, 0.29) is 5.91 Å². The summed E-state index contributed by atoms with van der Waals surface area (Å²) >= 11 is 0. The fourth-order valence-corrected chi connectivity index (χ4v) is 5.44. The Balaban J connectivity index is 1.32. The lowest BCUT2D eigenvalue weighted by molar-refractivity contribution is -0.131. The number of rotatable bonds is 5. The molecule has 0 unspecified atom stereocenters. The Kier molecular flexibility index (Phi) is 6.69. The lowest BCUT2D eigenvalue weighted by Gasteiger charge is -2.40. The van der Waals surface area contributed by atoms with Gasteiger partial charge >= 0.3 is 0 Å². The Bertz CT molecular complexity index is 613. The molecule has 1 aliphatic carbocycles. The third-order valence-corrected chi connectivity index (χ3v) is 7.27. The Labute approximate surface area is 170 Å². The first kappa shape index (κ1) is 19.9. The van der Waals surface area contributed by atoms with Crippen LogP contribution in [0, 0.1) is 5.92 Å². The monoisotopic (exact) mass is 384 g/mol. The van der Waals surface area contributed by atoms with Gasteiger partial charge in [0.05, 0.1) is 5.41 Å². The Hall–Kier alpha value is -1.39. The molecule has 4 nitrogen and oxygen atoms in total. The van der Waals surface area contributed by atoms with Crippen LogP contribution in [-0.4, -0.2) is 49.7 Å². The van der Waals surface area contributed by atoms with Gasteiger partial charge in [-0.15, -0.1) is 0 Å². The highest BCUT2D eigenvalue weighted by atomic mass is 16.5. The van der Waals surface area contributed by atoms with Gasteiger partial charge in [-0.3, -0.25) is 4.79 Å². The van der Waals surface area contributed by atoms with Gasteiger partial charge in [-0.2, -0.15) is 0 Å². The fraction of sp³-hybridized carbons (Fsp3) is 0.708. The Morgan fingerprint density at radius 1 is 1.00 bits per heavy atom. The normalized spacial score (nSPS) is 24.7. The molecule has 4 heteroatoms. The second-order valence-corrected chi connectivity index (χ2v) is 9.11. The second-order valence-electron chi connectivity index (χ2n) is 9.11. The highest BCUT2D eigenvalue weighted by Crippen LogP contribution is 2.35. The number of likely N-dealkylation sites (tertiary alicyclic amines) is 1. The average molecular weight is 385 g/mol. The molecule has 2 heterocycles. The molecular weight excluding hydrogens is 348 g/mol. The first-order valence-corrected chi connectivity index (χ1v) is 11.4. The summed E-state index contributed by atoms with van der Waals surface area (Å²) in [6.07, 6.45) is 10.8. The number of carbonyl (C=O) groups is 1. The third-order valence-electron chi connectivity index (χ3n) is 7.27. The van der Waals surface area contributed by atoms with E-state index in [4.69, 9.17) is 4.74 Å². The summed E-state index contributed by atoms with van der Waals surface area (Å²) in [7, 11) is 0. The van der Waals surface area contributed by atoms with Crippen LogP contribution in [-0.2, 0) is 14.9 Å². The van der Waals surface area contributed by atoms with Gasteiger partial charge in [0.25, 0.3) is 0 Å². The molecule has 1 aromatic rings. The molecular formula is C24H36N2O2. The minimum Gasteiger partial charge on any atom is -0.381 e.